The lowest BCUT2D eigenvalue weighted by molar-refractivity contribution is 0.144. The minimum Gasteiger partial charge on any atom is -0.274 e. The van der Waals surface area contributed by atoms with E-state index in [1.165, 1.54) is 24.7 Å². The van der Waals surface area contributed by atoms with E-state index in [4.69, 9.17) is 0 Å². The van der Waals surface area contributed by atoms with Crippen molar-refractivity contribution >= 4 is 10.0 Å². The molecule has 9 heteroatoms. The van der Waals surface area contributed by atoms with Crippen LogP contribution in [0.2, 0.25) is 0 Å². The van der Waals surface area contributed by atoms with E-state index < -0.39 is 22.1 Å². The first-order valence-electron chi connectivity index (χ1n) is 5.34. The molecule has 2 heterocycles. The van der Waals surface area contributed by atoms with Gasteiger partial charge in [0.25, 0.3) is 16.4 Å². The summed E-state index contributed by atoms with van der Waals surface area (Å²) in [6, 6.07) is 1.05. The van der Waals surface area contributed by atoms with Gasteiger partial charge in [-0.3, -0.25) is 4.68 Å². The molecule has 0 aliphatic rings. The summed E-state index contributed by atoms with van der Waals surface area (Å²) in [5.74, 6) is 0. The Kier molecular flexibility index (Phi) is 3.17. The van der Waals surface area contributed by atoms with E-state index in [1.54, 1.807) is 7.05 Å². The molecule has 104 valence electrons. The molecule has 19 heavy (non-hydrogen) atoms. The van der Waals surface area contributed by atoms with E-state index in [0.29, 0.717) is 4.09 Å². The van der Waals surface area contributed by atoms with Crippen LogP contribution in [0.25, 0.3) is 0 Å². The summed E-state index contributed by atoms with van der Waals surface area (Å²) in [5, 5.41) is 7.54. The van der Waals surface area contributed by atoms with Gasteiger partial charge in [0.2, 0.25) is 0 Å². The number of hydrogen-bond donors (Lipinski definition) is 0. The van der Waals surface area contributed by atoms with Gasteiger partial charge in [-0.15, -0.1) is 0 Å². The maximum absolute atomic E-state index is 12.8. The lowest BCUT2D eigenvalue weighted by Crippen LogP contribution is -2.18. The molecule has 0 N–H and O–H groups in total. The molecule has 2 rings (SSSR count). The third-order valence-corrected chi connectivity index (χ3v) is 4.23. The summed E-state index contributed by atoms with van der Waals surface area (Å²) in [6.45, 7) is 2.94. The van der Waals surface area contributed by atoms with Crippen molar-refractivity contribution in [2.75, 3.05) is 0 Å². The summed E-state index contributed by atoms with van der Waals surface area (Å²) in [5.41, 5.74) is -0.211. The molecule has 0 aliphatic heterocycles. The third-order valence-electron chi connectivity index (χ3n) is 2.52. The molecule has 6 nitrogen and oxygen atoms in total. The van der Waals surface area contributed by atoms with Crippen molar-refractivity contribution in [3.05, 3.63) is 29.3 Å². The highest BCUT2D eigenvalue weighted by Gasteiger charge is 2.28. The SMILES string of the molecule is Cc1cc(C(F)F)n(S(=O)(=O)c2cn(C)nc2C)n1. The Balaban J connectivity index is 2.67. The molecule has 0 aliphatic carbocycles. The lowest BCUT2D eigenvalue weighted by atomic mass is 10.4. The fourth-order valence-corrected chi connectivity index (χ4v) is 3.29. The Morgan fingerprint density at radius 1 is 1.26 bits per heavy atom. The Morgan fingerprint density at radius 3 is 2.37 bits per heavy atom. The van der Waals surface area contributed by atoms with Gasteiger partial charge in [-0.05, 0) is 19.9 Å². The minimum absolute atomic E-state index is 0.139. The van der Waals surface area contributed by atoms with Crippen LogP contribution in [0, 0.1) is 13.8 Å². The highest BCUT2D eigenvalue weighted by atomic mass is 32.2. The van der Waals surface area contributed by atoms with Gasteiger partial charge in [-0.1, -0.05) is 0 Å². The quantitative estimate of drug-likeness (QED) is 0.857. The Bertz CT molecular complexity index is 718. The van der Waals surface area contributed by atoms with Crippen molar-refractivity contribution in [1.29, 1.82) is 0 Å². The Morgan fingerprint density at radius 2 is 1.89 bits per heavy atom. The fourth-order valence-electron chi connectivity index (χ4n) is 1.76. The van der Waals surface area contributed by atoms with Gasteiger partial charge in [0.1, 0.15) is 10.6 Å². The largest absolute Gasteiger partial charge is 0.286 e. The van der Waals surface area contributed by atoms with Crippen LogP contribution in [-0.4, -0.2) is 27.4 Å². The Hall–Kier alpha value is -1.77. The second-order valence-corrected chi connectivity index (χ2v) is 5.85. The number of rotatable bonds is 3. The molecule has 0 saturated carbocycles. The maximum Gasteiger partial charge on any atom is 0.286 e. The van der Waals surface area contributed by atoms with E-state index in [-0.39, 0.29) is 16.3 Å². The van der Waals surface area contributed by atoms with Gasteiger partial charge in [0.15, 0.2) is 0 Å². The summed E-state index contributed by atoms with van der Waals surface area (Å²) in [6.07, 6.45) is -1.66. The van der Waals surface area contributed by atoms with Crippen molar-refractivity contribution in [1.82, 2.24) is 19.0 Å². The van der Waals surface area contributed by atoms with Crippen molar-refractivity contribution in [3.8, 4) is 0 Å². The van der Waals surface area contributed by atoms with Crippen LogP contribution in [-0.2, 0) is 17.1 Å². The van der Waals surface area contributed by atoms with E-state index in [2.05, 4.69) is 10.2 Å². The minimum atomic E-state index is -4.16. The number of alkyl halides is 2. The molecule has 0 spiro atoms. The molecule has 2 aromatic rings. The standard InChI is InChI=1S/C10H12F2N4O2S/c1-6-4-8(10(11)12)16(13-6)19(17,18)9-5-15(3)14-7(9)2/h4-5,10H,1-3H3. The van der Waals surface area contributed by atoms with Crippen LogP contribution in [0.3, 0.4) is 0 Å². The van der Waals surface area contributed by atoms with Crippen LogP contribution in [0.15, 0.2) is 17.2 Å². The zero-order valence-electron chi connectivity index (χ0n) is 10.5. The lowest BCUT2D eigenvalue weighted by Gasteiger charge is -2.06. The second-order valence-electron chi connectivity index (χ2n) is 4.11. The molecule has 0 aromatic carbocycles. The molecule has 0 radical (unpaired) electrons. The zero-order chi connectivity index (χ0) is 14.4. The van der Waals surface area contributed by atoms with Crippen LogP contribution < -0.4 is 0 Å². The van der Waals surface area contributed by atoms with E-state index >= 15 is 0 Å². The molecular formula is C10H12F2N4O2S. The molecule has 0 fully saturated rings. The van der Waals surface area contributed by atoms with Gasteiger partial charge >= 0.3 is 0 Å². The predicted molar refractivity (Wildman–Crippen MR) is 62.4 cm³/mol. The predicted octanol–water partition coefficient (Wildman–Crippen LogP) is 1.41. The van der Waals surface area contributed by atoms with Crippen molar-refractivity contribution in [3.63, 3.8) is 0 Å². The number of hydrogen-bond acceptors (Lipinski definition) is 4. The number of aryl methyl sites for hydroxylation is 3. The van der Waals surface area contributed by atoms with Gasteiger partial charge in [-0.2, -0.15) is 22.7 Å². The molecular weight excluding hydrogens is 278 g/mol. The third kappa shape index (κ3) is 2.25. The first-order chi connectivity index (χ1) is 8.73. The average Bonchev–Trinajstić information content (AvgIpc) is 2.82. The van der Waals surface area contributed by atoms with Crippen molar-refractivity contribution in [2.45, 2.75) is 25.2 Å². The number of halogens is 2. The summed E-state index contributed by atoms with van der Waals surface area (Å²) in [4.78, 5) is -0.139. The van der Waals surface area contributed by atoms with E-state index in [9.17, 15) is 17.2 Å². The monoisotopic (exact) mass is 290 g/mol. The van der Waals surface area contributed by atoms with Crippen LogP contribution >= 0.6 is 0 Å². The zero-order valence-corrected chi connectivity index (χ0v) is 11.3. The summed E-state index contributed by atoms with van der Waals surface area (Å²) >= 11 is 0. The number of nitrogens with zero attached hydrogens (tertiary/aromatic N) is 4. The first-order valence-corrected chi connectivity index (χ1v) is 6.78. The van der Waals surface area contributed by atoms with Crippen LogP contribution in [0.1, 0.15) is 23.5 Å². The second kappa shape index (κ2) is 4.41. The number of aromatic nitrogens is 4. The summed E-state index contributed by atoms with van der Waals surface area (Å²) in [7, 11) is -2.61. The average molecular weight is 290 g/mol. The normalized spacial score (nSPS) is 12.3. The first kappa shape index (κ1) is 13.7. The van der Waals surface area contributed by atoms with Crippen molar-refractivity contribution in [2.24, 2.45) is 7.05 Å². The maximum atomic E-state index is 12.8. The molecule has 0 bridgehead atoms. The smallest absolute Gasteiger partial charge is 0.274 e. The summed E-state index contributed by atoms with van der Waals surface area (Å²) < 4.78 is 52.0. The molecule has 0 saturated heterocycles. The van der Waals surface area contributed by atoms with Crippen LogP contribution in [0.4, 0.5) is 8.78 Å². The molecule has 0 amide bonds. The van der Waals surface area contributed by atoms with Crippen LogP contribution in [0.5, 0.6) is 0 Å². The van der Waals surface area contributed by atoms with Gasteiger partial charge in [0.05, 0.1) is 11.4 Å². The fraction of sp³-hybridized carbons (Fsp3) is 0.400. The van der Waals surface area contributed by atoms with E-state index in [0.717, 1.165) is 6.07 Å². The highest BCUT2D eigenvalue weighted by Crippen LogP contribution is 2.25. The van der Waals surface area contributed by atoms with Gasteiger partial charge in [0, 0.05) is 13.2 Å². The molecule has 0 unspecified atom stereocenters. The van der Waals surface area contributed by atoms with Gasteiger partial charge in [-0.25, -0.2) is 8.78 Å². The van der Waals surface area contributed by atoms with E-state index in [1.807, 2.05) is 0 Å². The van der Waals surface area contributed by atoms with Crippen molar-refractivity contribution < 1.29 is 17.2 Å². The van der Waals surface area contributed by atoms with Gasteiger partial charge < -0.3 is 0 Å². The molecule has 2 aromatic heterocycles. The topological polar surface area (TPSA) is 69.8 Å². The Labute approximate surface area is 108 Å². The highest BCUT2D eigenvalue weighted by molar-refractivity contribution is 7.90. The molecule has 0 atom stereocenters.